The number of carbonyl (C=O) groups excluding carboxylic acids is 1. The Morgan fingerprint density at radius 1 is 0.871 bits per heavy atom. The monoisotopic (exact) mass is 419 g/mol. The zero-order chi connectivity index (χ0) is 22.1. The lowest BCUT2D eigenvalue weighted by Gasteiger charge is -2.33. The molecule has 162 valence electrons. The van der Waals surface area contributed by atoms with E-state index in [0.717, 1.165) is 11.1 Å². The van der Waals surface area contributed by atoms with E-state index in [1.165, 1.54) is 0 Å². The van der Waals surface area contributed by atoms with Crippen LogP contribution in [0.1, 0.15) is 29.7 Å². The largest absolute Gasteiger partial charge is 0.497 e. The summed E-state index contributed by atoms with van der Waals surface area (Å²) >= 11 is 0. The highest BCUT2D eigenvalue weighted by atomic mass is 16.5. The fraction of sp³-hybridized carbons (Fsp3) is 0.269. The van der Waals surface area contributed by atoms with Gasteiger partial charge in [-0.15, -0.1) is 0 Å². The van der Waals surface area contributed by atoms with Crippen LogP contribution in [0.5, 0.6) is 5.75 Å². The van der Waals surface area contributed by atoms with E-state index < -0.39 is 18.1 Å². The van der Waals surface area contributed by atoms with Crippen molar-refractivity contribution >= 4 is 5.97 Å². The topological polar surface area (TPSA) is 59.0 Å². The highest BCUT2D eigenvalue weighted by molar-refractivity contribution is 5.77. The summed E-state index contributed by atoms with van der Waals surface area (Å²) in [5, 5.41) is 11.3. The Bertz CT molecular complexity index is 887. The van der Waals surface area contributed by atoms with Gasteiger partial charge in [0.1, 0.15) is 17.9 Å². The van der Waals surface area contributed by atoms with E-state index in [9.17, 15) is 9.90 Å². The normalized spacial score (nSPS) is 12.9. The molecule has 0 aliphatic rings. The van der Waals surface area contributed by atoms with Gasteiger partial charge in [-0.1, -0.05) is 72.8 Å². The average molecular weight is 420 g/mol. The number of aliphatic hydroxyl groups excluding tert-OH is 1. The molecule has 0 spiro atoms. The zero-order valence-corrected chi connectivity index (χ0v) is 18.0. The summed E-state index contributed by atoms with van der Waals surface area (Å²) in [6.07, 6.45) is -1.06. The Balaban J connectivity index is 1.97. The van der Waals surface area contributed by atoms with Crippen LogP contribution in [-0.4, -0.2) is 35.7 Å². The molecule has 0 aliphatic carbocycles. The van der Waals surface area contributed by atoms with Crippen LogP contribution in [0.2, 0.25) is 0 Å². The van der Waals surface area contributed by atoms with Crippen LogP contribution >= 0.6 is 0 Å². The molecular formula is C26H29NO4. The number of hydrogen-bond donors (Lipinski definition) is 1. The van der Waals surface area contributed by atoms with Crippen LogP contribution in [0.25, 0.3) is 0 Å². The molecule has 0 saturated heterocycles. The number of carbonyl (C=O) groups is 1. The summed E-state index contributed by atoms with van der Waals surface area (Å²) in [5.41, 5.74) is 2.73. The summed E-state index contributed by atoms with van der Waals surface area (Å²) in [5.74, 6) is 0.242. The van der Waals surface area contributed by atoms with E-state index in [2.05, 4.69) is 0 Å². The van der Waals surface area contributed by atoms with Crippen molar-refractivity contribution in [2.75, 3.05) is 13.7 Å². The maximum absolute atomic E-state index is 13.1. The molecule has 3 aromatic rings. The molecule has 31 heavy (non-hydrogen) atoms. The highest BCUT2D eigenvalue weighted by Gasteiger charge is 2.35. The van der Waals surface area contributed by atoms with Crippen LogP contribution < -0.4 is 4.74 Å². The SMILES string of the molecule is CCOC(=O)[C@H]([C@@H](O)c1ccc(OC)cc1)N(Cc1ccccc1)Cc1ccccc1. The number of methoxy groups -OCH3 is 1. The van der Waals surface area contributed by atoms with Gasteiger partial charge in [0.15, 0.2) is 0 Å². The summed E-state index contributed by atoms with van der Waals surface area (Å²) < 4.78 is 10.6. The smallest absolute Gasteiger partial charge is 0.326 e. The van der Waals surface area contributed by atoms with Crippen molar-refractivity contribution < 1.29 is 19.4 Å². The fourth-order valence-electron chi connectivity index (χ4n) is 3.58. The maximum atomic E-state index is 13.1. The van der Waals surface area contributed by atoms with Crippen molar-refractivity contribution in [2.45, 2.75) is 32.2 Å². The van der Waals surface area contributed by atoms with Gasteiger partial charge < -0.3 is 14.6 Å². The summed E-state index contributed by atoms with van der Waals surface area (Å²) in [4.78, 5) is 15.0. The Hall–Kier alpha value is -3.15. The molecule has 5 nitrogen and oxygen atoms in total. The lowest BCUT2D eigenvalue weighted by atomic mass is 9.99. The molecule has 1 N–H and O–H groups in total. The molecule has 0 saturated carbocycles. The first-order chi connectivity index (χ1) is 15.1. The van der Waals surface area contributed by atoms with Gasteiger partial charge in [-0.3, -0.25) is 9.69 Å². The van der Waals surface area contributed by atoms with Crippen molar-refractivity contribution in [1.29, 1.82) is 0 Å². The minimum Gasteiger partial charge on any atom is -0.497 e. The van der Waals surface area contributed by atoms with Gasteiger partial charge in [0.25, 0.3) is 0 Å². The van der Waals surface area contributed by atoms with E-state index in [1.54, 1.807) is 38.3 Å². The highest BCUT2D eigenvalue weighted by Crippen LogP contribution is 2.27. The lowest BCUT2D eigenvalue weighted by Crippen LogP contribution is -2.45. The van der Waals surface area contributed by atoms with Gasteiger partial charge >= 0.3 is 5.97 Å². The van der Waals surface area contributed by atoms with Crippen LogP contribution in [0.4, 0.5) is 0 Å². The number of hydrogen-bond acceptors (Lipinski definition) is 5. The molecule has 0 radical (unpaired) electrons. The quantitative estimate of drug-likeness (QED) is 0.495. The van der Waals surface area contributed by atoms with Gasteiger partial charge in [0.2, 0.25) is 0 Å². The summed E-state index contributed by atoms with van der Waals surface area (Å²) in [7, 11) is 1.59. The number of ether oxygens (including phenoxy) is 2. The third-order valence-electron chi connectivity index (χ3n) is 5.13. The van der Waals surface area contributed by atoms with E-state index >= 15 is 0 Å². The second-order valence-electron chi connectivity index (χ2n) is 7.29. The van der Waals surface area contributed by atoms with Gasteiger partial charge in [0, 0.05) is 13.1 Å². The molecule has 0 heterocycles. The Morgan fingerprint density at radius 3 is 1.84 bits per heavy atom. The predicted molar refractivity (Wildman–Crippen MR) is 121 cm³/mol. The van der Waals surface area contributed by atoms with Crippen molar-refractivity contribution in [3.8, 4) is 5.75 Å². The van der Waals surface area contributed by atoms with Crippen molar-refractivity contribution in [2.24, 2.45) is 0 Å². The zero-order valence-electron chi connectivity index (χ0n) is 18.0. The first-order valence-electron chi connectivity index (χ1n) is 10.4. The first kappa shape index (κ1) is 22.5. The van der Waals surface area contributed by atoms with Gasteiger partial charge in [-0.25, -0.2) is 0 Å². The number of rotatable bonds is 10. The van der Waals surface area contributed by atoms with Gasteiger partial charge in [-0.05, 0) is 35.7 Å². The lowest BCUT2D eigenvalue weighted by molar-refractivity contribution is -0.155. The Morgan fingerprint density at radius 2 is 1.39 bits per heavy atom. The van der Waals surface area contributed by atoms with E-state index in [4.69, 9.17) is 9.47 Å². The Kier molecular flexibility index (Phi) is 8.21. The standard InChI is InChI=1S/C26H29NO4/c1-3-31-26(29)24(25(28)22-14-16-23(30-2)17-15-22)27(18-20-10-6-4-7-11-20)19-21-12-8-5-9-13-21/h4-17,24-25,28H,3,18-19H2,1-2H3/t24-,25-/m0/s1. The second-order valence-corrected chi connectivity index (χ2v) is 7.29. The molecule has 5 heteroatoms. The van der Waals surface area contributed by atoms with Gasteiger partial charge in [-0.2, -0.15) is 0 Å². The maximum Gasteiger partial charge on any atom is 0.326 e. The molecule has 0 bridgehead atoms. The van der Waals surface area contributed by atoms with Crippen LogP contribution in [-0.2, 0) is 22.6 Å². The third-order valence-corrected chi connectivity index (χ3v) is 5.13. The summed E-state index contributed by atoms with van der Waals surface area (Å²) in [6, 6.07) is 26.1. The van der Waals surface area contributed by atoms with E-state index in [0.29, 0.717) is 24.4 Å². The molecule has 0 aliphatic heterocycles. The van der Waals surface area contributed by atoms with Crippen LogP contribution in [0, 0.1) is 0 Å². The molecule has 0 unspecified atom stereocenters. The van der Waals surface area contributed by atoms with E-state index in [1.807, 2.05) is 65.6 Å². The first-order valence-corrected chi connectivity index (χ1v) is 10.4. The molecule has 0 aromatic heterocycles. The minimum atomic E-state index is -1.06. The molecule has 3 aromatic carbocycles. The van der Waals surface area contributed by atoms with E-state index in [-0.39, 0.29) is 6.61 Å². The summed E-state index contributed by atoms with van der Waals surface area (Å²) in [6.45, 7) is 3.00. The van der Waals surface area contributed by atoms with Crippen LogP contribution in [0.3, 0.4) is 0 Å². The van der Waals surface area contributed by atoms with Crippen molar-refractivity contribution in [3.63, 3.8) is 0 Å². The van der Waals surface area contributed by atoms with Crippen molar-refractivity contribution in [3.05, 3.63) is 102 Å². The molecule has 0 amide bonds. The molecule has 2 atom stereocenters. The molecular weight excluding hydrogens is 390 g/mol. The van der Waals surface area contributed by atoms with Crippen molar-refractivity contribution in [1.82, 2.24) is 4.90 Å². The molecule has 3 rings (SSSR count). The number of esters is 1. The molecule has 0 fully saturated rings. The van der Waals surface area contributed by atoms with Crippen LogP contribution in [0.15, 0.2) is 84.9 Å². The average Bonchev–Trinajstić information content (AvgIpc) is 2.80. The fourth-order valence-corrected chi connectivity index (χ4v) is 3.58. The van der Waals surface area contributed by atoms with Gasteiger partial charge in [0.05, 0.1) is 13.7 Å². The third kappa shape index (κ3) is 6.17. The predicted octanol–water partition coefficient (Wildman–Crippen LogP) is 4.36. The number of aliphatic hydroxyl groups is 1. The number of benzene rings is 3. The Labute approximate surface area is 183 Å². The second kappa shape index (κ2) is 11.3. The minimum absolute atomic E-state index is 0.245. The number of nitrogens with zero attached hydrogens (tertiary/aromatic N) is 1.